The number of ether oxygens (including phenoxy) is 1. The zero-order chi connectivity index (χ0) is 17.9. The first-order valence-corrected chi connectivity index (χ1v) is 9.72. The summed E-state index contributed by atoms with van der Waals surface area (Å²) in [6, 6.07) is 0. The predicted molar refractivity (Wildman–Crippen MR) is 88.3 cm³/mol. The molecule has 0 saturated carbocycles. The Kier molecular flexibility index (Phi) is 5.50. The number of aryl methyl sites for hydroxylation is 1. The van der Waals surface area contributed by atoms with Crippen molar-refractivity contribution in [1.29, 1.82) is 0 Å². The molecule has 25 heavy (non-hydrogen) atoms. The molecule has 0 aliphatic carbocycles. The van der Waals surface area contributed by atoms with Crippen molar-refractivity contribution in [2.45, 2.75) is 30.6 Å². The van der Waals surface area contributed by atoms with Crippen molar-refractivity contribution in [3.05, 3.63) is 24.1 Å². The zero-order valence-corrected chi connectivity index (χ0v) is 15.3. The van der Waals surface area contributed by atoms with Gasteiger partial charge in [0, 0.05) is 46.3 Å². The van der Waals surface area contributed by atoms with Gasteiger partial charge in [-0.05, 0) is 18.8 Å². The van der Waals surface area contributed by atoms with E-state index in [1.807, 2.05) is 0 Å². The monoisotopic (exact) mass is 369 g/mol. The van der Waals surface area contributed by atoms with E-state index in [4.69, 9.17) is 9.26 Å². The van der Waals surface area contributed by atoms with Crippen LogP contribution in [0, 0.1) is 5.92 Å². The molecule has 1 saturated heterocycles. The number of rotatable bonds is 7. The first-order chi connectivity index (χ1) is 12.0. The van der Waals surface area contributed by atoms with Gasteiger partial charge < -0.3 is 9.26 Å². The predicted octanol–water partition coefficient (Wildman–Crippen LogP) is 0.635. The molecule has 2 aromatic rings. The van der Waals surface area contributed by atoms with Crippen LogP contribution in [-0.4, -0.2) is 59.5 Å². The summed E-state index contributed by atoms with van der Waals surface area (Å²) in [5.74, 6) is 1.60. The first kappa shape index (κ1) is 18.0. The molecule has 0 unspecified atom stereocenters. The highest BCUT2D eigenvalue weighted by atomic mass is 32.2. The van der Waals surface area contributed by atoms with Crippen LogP contribution in [0.25, 0.3) is 0 Å². The number of nitrogens with zero attached hydrogens (tertiary/aromatic N) is 5. The van der Waals surface area contributed by atoms with Crippen LogP contribution in [0.5, 0.6) is 0 Å². The van der Waals surface area contributed by atoms with Crippen LogP contribution in [0.2, 0.25) is 0 Å². The average molecular weight is 369 g/mol. The third-order valence-corrected chi connectivity index (χ3v) is 6.25. The summed E-state index contributed by atoms with van der Waals surface area (Å²) < 4.78 is 38.5. The quantitative estimate of drug-likeness (QED) is 0.705. The summed E-state index contributed by atoms with van der Waals surface area (Å²) in [5.41, 5.74) is 0. The number of hydrogen-bond donors (Lipinski definition) is 0. The zero-order valence-electron chi connectivity index (χ0n) is 14.5. The molecule has 9 nitrogen and oxygen atoms in total. The molecule has 0 radical (unpaired) electrons. The summed E-state index contributed by atoms with van der Waals surface area (Å²) in [6.07, 6.45) is 5.77. The van der Waals surface area contributed by atoms with Gasteiger partial charge in [-0.1, -0.05) is 5.16 Å². The van der Waals surface area contributed by atoms with Gasteiger partial charge in [0.2, 0.25) is 15.9 Å². The Bertz CT molecular complexity index is 792. The molecule has 1 fully saturated rings. The third kappa shape index (κ3) is 4.25. The number of hydrogen-bond acceptors (Lipinski definition) is 7. The number of piperidine rings is 1. The fourth-order valence-electron chi connectivity index (χ4n) is 2.95. The minimum absolute atomic E-state index is 0.244. The Morgan fingerprint density at radius 2 is 2.12 bits per heavy atom. The Balaban J connectivity index is 1.54. The van der Waals surface area contributed by atoms with Crippen LogP contribution in [0.3, 0.4) is 0 Å². The smallest absolute Gasteiger partial charge is 0.246 e. The van der Waals surface area contributed by atoms with Gasteiger partial charge in [-0.15, -0.1) is 0 Å². The lowest BCUT2D eigenvalue weighted by Gasteiger charge is -2.30. The number of aromatic nitrogens is 4. The Hall–Kier alpha value is -1.78. The van der Waals surface area contributed by atoms with Crippen LogP contribution in [0.4, 0.5) is 0 Å². The van der Waals surface area contributed by atoms with Gasteiger partial charge in [0.25, 0.3) is 0 Å². The standard InChI is InChI=1S/C15H23N5O4S/c1-19-11-13(10-16-19)25(21,22)20-6-3-12(4-7-20)9-15-17-14(18-24-15)5-8-23-2/h10-12H,3-9H2,1-2H3. The molecule has 138 valence electrons. The van der Waals surface area contributed by atoms with E-state index in [0.717, 1.165) is 12.8 Å². The second-order valence-corrected chi connectivity index (χ2v) is 8.19. The number of methoxy groups -OCH3 is 1. The molecular formula is C15H23N5O4S. The summed E-state index contributed by atoms with van der Waals surface area (Å²) in [4.78, 5) is 4.60. The van der Waals surface area contributed by atoms with Crippen LogP contribution in [0.15, 0.2) is 21.8 Å². The lowest BCUT2D eigenvalue weighted by atomic mass is 9.95. The molecule has 0 aromatic carbocycles. The third-order valence-electron chi connectivity index (χ3n) is 4.40. The molecule has 10 heteroatoms. The van der Waals surface area contributed by atoms with Crippen LogP contribution < -0.4 is 0 Å². The van der Waals surface area contributed by atoms with Crippen molar-refractivity contribution < 1.29 is 17.7 Å². The molecule has 0 amide bonds. The minimum atomic E-state index is -3.46. The SMILES string of the molecule is COCCc1noc(CC2CCN(S(=O)(=O)c3cnn(C)c3)CC2)n1. The van der Waals surface area contributed by atoms with Gasteiger partial charge in [0.1, 0.15) is 4.90 Å². The van der Waals surface area contributed by atoms with E-state index in [2.05, 4.69) is 15.2 Å². The Morgan fingerprint density at radius 3 is 2.76 bits per heavy atom. The maximum absolute atomic E-state index is 12.6. The molecule has 2 aromatic heterocycles. The van der Waals surface area contributed by atoms with Gasteiger partial charge in [-0.2, -0.15) is 14.4 Å². The first-order valence-electron chi connectivity index (χ1n) is 8.28. The molecule has 0 atom stereocenters. The second-order valence-electron chi connectivity index (χ2n) is 6.25. The van der Waals surface area contributed by atoms with E-state index < -0.39 is 10.0 Å². The van der Waals surface area contributed by atoms with Crippen molar-refractivity contribution in [3.8, 4) is 0 Å². The van der Waals surface area contributed by atoms with Crippen molar-refractivity contribution in [2.75, 3.05) is 26.8 Å². The Morgan fingerprint density at radius 1 is 1.36 bits per heavy atom. The highest BCUT2D eigenvalue weighted by Crippen LogP contribution is 2.25. The molecule has 1 aliphatic rings. The van der Waals surface area contributed by atoms with Gasteiger partial charge >= 0.3 is 0 Å². The van der Waals surface area contributed by atoms with E-state index in [0.29, 0.717) is 50.2 Å². The Labute approximate surface area is 147 Å². The lowest BCUT2D eigenvalue weighted by molar-refractivity contribution is 0.199. The molecule has 0 spiro atoms. The van der Waals surface area contributed by atoms with E-state index >= 15 is 0 Å². The second kappa shape index (κ2) is 7.63. The van der Waals surface area contributed by atoms with Gasteiger partial charge in [0.15, 0.2) is 5.82 Å². The molecule has 3 rings (SSSR count). The maximum atomic E-state index is 12.6. The fraction of sp³-hybridized carbons (Fsp3) is 0.667. The van der Waals surface area contributed by atoms with Crippen molar-refractivity contribution >= 4 is 10.0 Å². The van der Waals surface area contributed by atoms with Crippen LogP contribution in [0.1, 0.15) is 24.6 Å². The van der Waals surface area contributed by atoms with E-state index in [9.17, 15) is 8.42 Å². The summed E-state index contributed by atoms with van der Waals surface area (Å²) >= 11 is 0. The summed E-state index contributed by atoms with van der Waals surface area (Å²) in [5, 5.41) is 7.88. The highest BCUT2D eigenvalue weighted by Gasteiger charge is 2.30. The summed E-state index contributed by atoms with van der Waals surface area (Å²) in [6.45, 7) is 1.54. The fourth-order valence-corrected chi connectivity index (χ4v) is 4.41. The van der Waals surface area contributed by atoms with Gasteiger partial charge in [-0.3, -0.25) is 4.68 Å². The normalized spacial score (nSPS) is 17.2. The number of sulfonamides is 1. The largest absolute Gasteiger partial charge is 0.384 e. The average Bonchev–Trinajstić information content (AvgIpc) is 3.23. The maximum Gasteiger partial charge on any atom is 0.246 e. The lowest BCUT2D eigenvalue weighted by Crippen LogP contribution is -2.38. The molecule has 3 heterocycles. The highest BCUT2D eigenvalue weighted by molar-refractivity contribution is 7.89. The van der Waals surface area contributed by atoms with Gasteiger partial charge in [-0.25, -0.2) is 8.42 Å². The topological polar surface area (TPSA) is 103 Å². The minimum Gasteiger partial charge on any atom is -0.384 e. The van der Waals surface area contributed by atoms with Crippen molar-refractivity contribution in [2.24, 2.45) is 13.0 Å². The summed E-state index contributed by atoms with van der Waals surface area (Å²) in [7, 11) is -0.121. The molecule has 1 aliphatic heterocycles. The van der Waals surface area contributed by atoms with Crippen molar-refractivity contribution in [1.82, 2.24) is 24.2 Å². The van der Waals surface area contributed by atoms with Crippen LogP contribution in [-0.2, 0) is 34.6 Å². The molecule has 0 bridgehead atoms. The van der Waals surface area contributed by atoms with E-state index in [1.165, 1.54) is 21.4 Å². The molecular weight excluding hydrogens is 346 g/mol. The van der Waals surface area contributed by atoms with Crippen LogP contribution >= 0.6 is 0 Å². The molecule has 0 N–H and O–H groups in total. The van der Waals surface area contributed by atoms with Gasteiger partial charge in [0.05, 0.1) is 12.8 Å². The van der Waals surface area contributed by atoms with Crippen molar-refractivity contribution in [3.63, 3.8) is 0 Å². The van der Waals surface area contributed by atoms with E-state index in [1.54, 1.807) is 14.2 Å². The van der Waals surface area contributed by atoms with E-state index in [-0.39, 0.29) is 4.90 Å².